The highest BCUT2D eigenvalue weighted by molar-refractivity contribution is 7.89. The minimum atomic E-state index is -3.62. The van der Waals surface area contributed by atoms with Crippen molar-refractivity contribution in [3.05, 3.63) is 29.8 Å². The molecule has 5 nitrogen and oxygen atoms in total. The molecule has 1 aromatic carbocycles. The van der Waals surface area contributed by atoms with E-state index in [2.05, 4.69) is 20.8 Å². The fourth-order valence-electron chi connectivity index (χ4n) is 2.64. The molecule has 1 aromatic rings. The Balaban J connectivity index is 2.25. The van der Waals surface area contributed by atoms with Crippen LogP contribution in [0.2, 0.25) is 0 Å². The lowest BCUT2D eigenvalue weighted by Gasteiger charge is -2.30. The molecular formula is C16H23NO4S. The molecule has 0 bridgehead atoms. The van der Waals surface area contributed by atoms with Gasteiger partial charge in [0.05, 0.1) is 10.8 Å². The molecule has 1 aliphatic rings. The lowest BCUT2D eigenvalue weighted by molar-refractivity contribution is -0.142. The lowest BCUT2D eigenvalue weighted by atomic mass is 9.87. The number of nitrogens with zero attached hydrogens (tertiary/aromatic N) is 1. The Labute approximate surface area is 132 Å². The molecule has 0 radical (unpaired) electrons. The predicted octanol–water partition coefficient (Wildman–Crippen LogP) is 2.47. The van der Waals surface area contributed by atoms with Gasteiger partial charge in [-0.2, -0.15) is 4.31 Å². The van der Waals surface area contributed by atoms with Crippen LogP contribution in [0.15, 0.2) is 29.2 Å². The van der Waals surface area contributed by atoms with Gasteiger partial charge in [0.1, 0.15) is 0 Å². The van der Waals surface area contributed by atoms with Crippen molar-refractivity contribution in [3.63, 3.8) is 0 Å². The number of carboxylic acid groups (broad SMARTS) is 1. The van der Waals surface area contributed by atoms with Gasteiger partial charge in [-0.05, 0) is 36.0 Å². The fourth-order valence-corrected chi connectivity index (χ4v) is 4.16. The molecule has 6 heteroatoms. The summed E-state index contributed by atoms with van der Waals surface area (Å²) in [5.41, 5.74) is 1.02. The largest absolute Gasteiger partial charge is 0.481 e. The summed E-state index contributed by atoms with van der Waals surface area (Å²) < 4.78 is 26.6. The standard InChI is InChI=1S/C16H23NO4S/c1-16(2,3)13-6-8-14(9-7-13)22(20,21)17-10-4-5-12(11-17)15(18)19/h6-9,12H,4-5,10-11H2,1-3H3,(H,18,19). The SMILES string of the molecule is CC(C)(C)c1ccc(S(=O)(=O)N2CCCC(C(=O)O)C2)cc1. The summed E-state index contributed by atoms with van der Waals surface area (Å²) in [4.78, 5) is 11.3. The summed E-state index contributed by atoms with van der Waals surface area (Å²) in [7, 11) is -3.62. The molecule has 122 valence electrons. The molecule has 1 N–H and O–H groups in total. The highest BCUT2D eigenvalue weighted by atomic mass is 32.2. The quantitative estimate of drug-likeness (QED) is 0.926. The van der Waals surface area contributed by atoms with E-state index in [-0.39, 0.29) is 16.9 Å². The average molecular weight is 325 g/mol. The van der Waals surface area contributed by atoms with Crippen molar-refractivity contribution in [2.75, 3.05) is 13.1 Å². The first-order valence-corrected chi connectivity index (χ1v) is 8.90. The Bertz CT molecular complexity index is 644. The van der Waals surface area contributed by atoms with Crippen LogP contribution in [0.3, 0.4) is 0 Å². The molecular weight excluding hydrogens is 302 g/mol. The van der Waals surface area contributed by atoms with Crippen LogP contribution in [-0.4, -0.2) is 36.9 Å². The molecule has 1 fully saturated rings. The first kappa shape index (κ1) is 17.0. The highest BCUT2D eigenvalue weighted by Crippen LogP contribution is 2.27. The average Bonchev–Trinajstić information content (AvgIpc) is 2.46. The van der Waals surface area contributed by atoms with Gasteiger partial charge in [-0.3, -0.25) is 4.79 Å². The molecule has 0 saturated carbocycles. The van der Waals surface area contributed by atoms with E-state index < -0.39 is 21.9 Å². The minimum absolute atomic E-state index is 0.0399. The summed E-state index contributed by atoms with van der Waals surface area (Å²) in [5.74, 6) is -1.54. The second-order valence-corrected chi connectivity index (χ2v) is 8.75. The Hall–Kier alpha value is -1.40. The minimum Gasteiger partial charge on any atom is -0.481 e. The number of carboxylic acids is 1. The molecule has 1 saturated heterocycles. The third-order valence-electron chi connectivity index (χ3n) is 4.09. The Morgan fingerprint density at radius 3 is 2.32 bits per heavy atom. The third kappa shape index (κ3) is 3.50. The van der Waals surface area contributed by atoms with Crippen LogP contribution in [0.1, 0.15) is 39.2 Å². The van der Waals surface area contributed by atoms with E-state index in [9.17, 15) is 13.2 Å². The molecule has 1 unspecified atom stereocenters. The van der Waals surface area contributed by atoms with Gasteiger partial charge in [0.25, 0.3) is 0 Å². The molecule has 2 rings (SSSR count). The van der Waals surface area contributed by atoms with Crippen LogP contribution in [0.25, 0.3) is 0 Å². The number of hydrogen-bond acceptors (Lipinski definition) is 3. The summed E-state index contributed by atoms with van der Waals surface area (Å²) in [6, 6.07) is 6.87. The number of hydrogen-bond donors (Lipinski definition) is 1. The van der Waals surface area contributed by atoms with Crippen LogP contribution in [0.5, 0.6) is 0 Å². The maximum atomic E-state index is 12.6. The van der Waals surface area contributed by atoms with Crippen LogP contribution in [-0.2, 0) is 20.2 Å². The number of piperidine rings is 1. The van der Waals surface area contributed by atoms with Crippen molar-refractivity contribution < 1.29 is 18.3 Å². The number of carbonyl (C=O) groups is 1. The Morgan fingerprint density at radius 2 is 1.82 bits per heavy atom. The van der Waals surface area contributed by atoms with Gasteiger partial charge in [-0.15, -0.1) is 0 Å². The third-order valence-corrected chi connectivity index (χ3v) is 5.97. The summed E-state index contributed by atoms with van der Waals surface area (Å²) >= 11 is 0. The van der Waals surface area contributed by atoms with E-state index in [4.69, 9.17) is 5.11 Å². The topological polar surface area (TPSA) is 74.7 Å². The summed E-state index contributed by atoms with van der Waals surface area (Å²) in [5, 5.41) is 9.10. The monoisotopic (exact) mass is 325 g/mol. The van der Waals surface area contributed by atoms with E-state index in [1.165, 1.54) is 4.31 Å². The van der Waals surface area contributed by atoms with Crippen molar-refractivity contribution in [1.29, 1.82) is 0 Å². The molecule has 0 amide bonds. The van der Waals surface area contributed by atoms with Gasteiger partial charge >= 0.3 is 5.97 Å². The Kier molecular flexibility index (Phi) is 4.63. The van der Waals surface area contributed by atoms with Crippen LogP contribution < -0.4 is 0 Å². The number of rotatable bonds is 3. The second kappa shape index (κ2) is 6.01. The van der Waals surface area contributed by atoms with Gasteiger partial charge in [0, 0.05) is 13.1 Å². The zero-order valence-corrected chi connectivity index (χ0v) is 14.1. The molecule has 0 aliphatic carbocycles. The second-order valence-electron chi connectivity index (χ2n) is 6.81. The maximum Gasteiger partial charge on any atom is 0.307 e. The maximum absolute atomic E-state index is 12.6. The van der Waals surface area contributed by atoms with Gasteiger partial charge in [0.2, 0.25) is 10.0 Å². The van der Waals surface area contributed by atoms with Gasteiger partial charge in [-0.1, -0.05) is 32.9 Å². The molecule has 0 aromatic heterocycles. The van der Waals surface area contributed by atoms with E-state index in [0.29, 0.717) is 19.4 Å². The zero-order chi connectivity index (χ0) is 16.5. The molecule has 1 aliphatic heterocycles. The number of sulfonamides is 1. The van der Waals surface area contributed by atoms with E-state index in [1.807, 2.05) is 12.1 Å². The molecule has 0 spiro atoms. The van der Waals surface area contributed by atoms with Gasteiger partial charge in [-0.25, -0.2) is 8.42 Å². The molecule has 1 heterocycles. The van der Waals surface area contributed by atoms with Crippen molar-refractivity contribution in [2.45, 2.75) is 43.9 Å². The molecule has 1 atom stereocenters. The van der Waals surface area contributed by atoms with E-state index >= 15 is 0 Å². The van der Waals surface area contributed by atoms with E-state index in [0.717, 1.165) is 5.56 Å². The summed E-state index contributed by atoms with van der Waals surface area (Å²) in [6.45, 7) is 6.64. The van der Waals surface area contributed by atoms with Crippen LogP contribution in [0, 0.1) is 5.92 Å². The Morgan fingerprint density at radius 1 is 1.23 bits per heavy atom. The first-order valence-electron chi connectivity index (χ1n) is 7.46. The lowest BCUT2D eigenvalue weighted by Crippen LogP contribution is -2.42. The van der Waals surface area contributed by atoms with Crippen molar-refractivity contribution >= 4 is 16.0 Å². The number of aliphatic carboxylic acids is 1. The zero-order valence-electron chi connectivity index (χ0n) is 13.2. The smallest absolute Gasteiger partial charge is 0.307 e. The first-order chi connectivity index (χ1) is 10.1. The predicted molar refractivity (Wildman–Crippen MR) is 84.3 cm³/mol. The van der Waals surface area contributed by atoms with Crippen LogP contribution >= 0.6 is 0 Å². The van der Waals surface area contributed by atoms with Crippen LogP contribution in [0.4, 0.5) is 0 Å². The summed E-state index contributed by atoms with van der Waals surface area (Å²) in [6.07, 6.45) is 1.11. The molecule has 22 heavy (non-hydrogen) atoms. The van der Waals surface area contributed by atoms with Crippen molar-refractivity contribution in [2.24, 2.45) is 5.92 Å². The normalized spacial score (nSPS) is 20.8. The number of benzene rings is 1. The highest BCUT2D eigenvalue weighted by Gasteiger charge is 2.33. The fraction of sp³-hybridized carbons (Fsp3) is 0.562. The van der Waals surface area contributed by atoms with Crippen molar-refractivity contribution in [3.8, 4) is 0 Å². The van der Waals surface area contributed by atoms with E-state index in [1.54, 1.807) is 12.1 Å². The van der Waals surface area contributed by atoms with Gasteiger partial charge in [0.15, 0.2) is 0 Å². The van der Waals surface area contributed by atoms with Crippen molar-refractivity contribution in [1.82, 2.24) is 4.31 Å². The van der Waals surface area contributed by atoms with Gasteiger partial charge < -0.3 is 5.11 Å².